The van der Waals surface area contributed by atoms with Crippen LogP contribution in [0, 0.1) is 18.6 Å². The fourth-order valence-electron chi connectivity index (χ4n) is 5.93. The van der Waals surface area contributed by atoms with E-state index in [4.69, 9.17) is 4.74 Å². The number of hydrogen-bond acceptors (Lipinski definition) is 8. The molecule has 5 heterocycles. The zero-order valence-corrected chi connectivity index (χ0v) is 24.0. The molecule has 1 fully saturated rings. The molecule has 10 nitrogen and oxygen atoms in total. The summed E-state index contributed by atoms with van der Waals surface area (Å²) in [6.07, 6.45) is 3.28. The number of benzene rings is 1. The molecule has 0 spiro atoms. The van der Waals surface area contributed by atoms with Crippen molar-refractivity contribution in [3.8, 4) is 28.4 Å². The summed E-state index contributed by atoms with van der Waals surface area (Å²) in [5.41, 5.74) is 0.0309. The number of aromatic hydroxyl groups is 1. The molecule has 6 rings (SSSR count). The molecule has 12 heteroatoms. The van der Waals surface area contributed by atoms with Crippen molar-refractivity contribution >= 4 is 22.8 Å². The van der Waals surface area contributed by atoms with Crippen LogP contribution in [-0.4, -0.2) is 67.7 Å². The van der Waals surface area contributed by atoms with E-state index >= 15 is 8.78 Å². The number of ether oxygens (including phenoxy) is 1. The SMILES string of the molecule is C=CC(=O)N1CCN2c3nc(=O)n(-c4c(C)ccnc4C(C)C)c4nc(-c5c(O)cccc5F)c(F)c(c34)OCCC2C1. The maximum Gasteiger partial charge on any atom is 0.355 e. The van der Waals surface area contributed by atoms with Gasteiger partial charge in [0.15, 0.2) is 17.2 Å². The number of hydrogen-bond donors (Lipinski definition) is 1. The Hall–Kier alpha value is -4.87. The number of pyridine rings is 2. The van der Waals surface area contributed by atoms with Gasteiger partial charge in [0.05, 0.1) is 29.6 Å². The molecule has 0 radical (unpaired) electrons. The molecule has 1 saturated heterocycles. The number of piperazine rings is 1. The lowest BCUT2D eigenvalue weighted by Crippen LogP contribution is -2.56. The number of amides is 1. The van der Waals surface area contributed by atoms with Gasteiger partial charge in [-0.1, -0.05) is 26.5 Å². The van der Waals surface area contributed by atoms with Crippen LogP contribution in [-0.2, 0) is 4.79 Å². The van der Waals surface area contributed by atoms with E-state index in [0.717, 1.165) is 6.07 Å². The molecule has 4 aromatic rings. The summed E-state index contributed by atoms with van der Waals surface area (Å²) in [7, 11) is 0. The molecule has 2 aliphatic rings. The first-order valence-corrected chi connectivity index (χ1v) is 14.0. The van der Waals surface area contributed by atoms with Crippen molar-refractivity contribution in [2.24, 2.45) is 0 Å². The lowest BCUT2D eigenvalue weighted by Gasteiger charge is -2.43. The smallest absolute Gasteiger partial charge is 0.355 e. The Labute approximate surface area is 245 Å². The Morgan fingerprint density at radius 1 is 1.21 bits per heavy atom. The molecule has 3 aromatic heterocycles. The summed E-state index contributed by atoms with van der Waals surface area (Å²) in [6, 6.07) is 5.07. The van der Waals surface area contributed by atoms with Crippen LogP contribution >= 0.6 is 0 Å². The lowest BCUT2D eigenvalue weighted by atomic mass is 10.0. The molecule has 0 bridgehead atoms. The van der Waals surface area contributed by atoms with Gasteiger partial charge in [-0.15, -0.1) is 0 Å². The van der Waals surface area contributed by atoms with Crippen LogP contribution in [0.15, 0.2) is 47.9 Å². The first kappa shape index (κ1) is 28.3. The summed E-state index contributed by atoms with van der Waals surface area (Å²) in [5, 5.41) is 10.7. The summed E-state index contributed by atoms with van der Waals surface area (Å²) in [4.78, 5) is 43.6. The second kappa shape index (κ2) is 10.8. The van der Waals surface area contributed by atoms with Gasteiger partial charge in [0, 0.05) is 32.3 Å². The Bertz CT molecular complexity index is 1840. The molecular weight excluding hydrogens is 558 g/mol. The summed E-state index contributed by atoms with van der Waals surface area (Å²) in [5.74, 6) is -2.83. The normalized spacial score (nSPS) is 16.5. The predicted octanol–water partition coefficient (Wildman–Crippen LogP) is 4.24. The topological polar surface area (TPSA) is 114 Å². The number of phenols is 1. The van der Waals surface area contributed by atoms with Gasteiger partial charge in [0.2, 0.25) is 5.91 Å². The number of fused-ring (bicyclic) bond motifs is 2. The van der Waals surface area contributed by atoms with Crippen molar-refractivity contribution in [1.82, 2.24) is 24.4 Å². The second-order valence-electron chi connectivity index (χ2n) is 11.0. The minimum atomic E-state index is -0.993. The van der Waals surface area contributed by atoms with E-state index in [1.165, 1.54) is 22.8 Å². The second-order valence-corrected chi connectivity index (χ2v) is 11.0. The van der Waals surface area contributed by atoms with Gasteiger partial charge < -0.3 is 19.6 Å². The van der Waals surface area contributed by atoms with Crippen LogP contribution in [0.4, 0.5) is 14.6 Å². The van der Waals surface area contributed by atoms with Gasteiger partial charge in [-0.05, 0) is 42.7 Å². The van der Waals surface area contributed by atoms with E-state index in [0.29, 0.717) is 43.0 Å². The van der Waals surface area contributed by atoms with Gasteiger partial charge in [0.1, 0.15) is 28.5 Å². The molecule has 1 amide bonds. The number of aryl methyl sites for hydroxylation is 1. The number of phenolic OH excluding ortho intramolecular Hbond substituents is 1. The van der Waals surface area contributed by atoms with Crippen molar-refractivity contribution in [2.45, 2.75) is 39.2 Å². The Kier molecular flexibility index (Phi) is 7.07. The zero-order chi connectivity index (χ0) is 30.6. The van der Waals surface area contributed by atoms with Gasteiger partial charge in [0.25, 0.3) is 0 Å². The largest absolute Gasteiger partial charge is 0.507 e. The van der Waals surface area contributed by atoms with Crippen LogP contribution in [0.25, 0.3) is 28.0 Å². The molecule has 0 saturated carbocycles. The minimum Gasteiger partial charge on any atom is -0.507 e. The van der Waals surface area contributed by atoms with Crippen molar-refractivity contribution in [3.63, 3.8) is 0 Å². The Balaban J connectivity index is 1.72. The number of halogens is 2. The number of carbonyl (C=O) groups is 1. The highest BCUT2D eigenvalue weighted by atomic mass is 19.1. The van der Waals surface area contributed by atoms with Crippen molar-refractivity contribution < 1.29 is 23.4 Å². The first-order chi connectivity index (χ1) is 20.6. The highest BCUT2D eigenvalue weighted by Gasteiger charge is 2.36. The minimum absolute atomic E-state index is 0.0210. The molecular formula is C31H30F2N6O4. The van der Waals surface area contributed by atoms with E-state index in [1.54, 1.807) is 17.2 Å². The predicted molar refractivity (Wildman–Crippen MR) is 157 cm³/mol. The van der Waals surface area contributed by atoms with Crippen LogP contribution in [0.1, 0.15) is 37.4 Å². The molecule has 0 aliphatic carbocycles. The quantitative estimate of drug-likeness (QED) is 0.352. The maximum atomic E-state index is 16.5. The monoisotopic (exact) mass is 588 g/mol. The van der Waals surface area contributed by atoms with Crippen molar-refractivity contribution in [3.05, 3.63) is 76.5 Å². The zero-order valence-electron chi connectivity index (χ0n) is 24.0. The standard InChI is InChI=1S/C31H30F2N6O4/c1-5-21(41)37-12-13-38-18(15-37)10-14-43-28-23-29(38)36-31(42)39(27-17(4)9-11-34-25(27)16(2)3)30(23)35-26(24(28)33)22-19(32)7-6-8-20(22)40/h5-9,11,16,18,40H,1,10,12-15H2,2-4H3. The lowest BCUT2D eigenvalue weighted by molar-refractivity contribution is -0.126. The average molecular weight is 589 g/mol. The van der Waals surface area contributed by atoms with E-state index in [1.807, 2.05) is 25.7 Å². The highest BCUT2D eigenvalue weighted by molar-refractivity contribution is 5.97. The molecule has 43 heavy (non-hydrogen) atoms. The number of anilines is 1. The number of rotatable bonds is 4. The molecule has 222 valence electrons. The molecule has 2 aliphatic heterocycles. The summed E-state index contributed by atoms with van der Waals surface area (Å²) in [6.45, 7) is 10.3. The number of aromatic nitrogens is 4. The summed E-state index contributed by atoms with van der Waals surface area (Å²) < 4.78 is 38.9. The van der Waals surface area contributed by atoms with Crippen molar-refractivity contribution in [1.29, 1.82) is 0 Å². The Morgan fingerprint density at radius 2 is 2.00 bits per heavy atom. The molecule has 1 N–H and O–H groups in total. The highest BCUT2D eigenvalue weighted by Crippen LogP contribution is 2.43. The van der Waals surface area contributed by atoms with Gasteiger partial charge in [-0.3, -0.25) is 9.78 Å². The molecule has 1 unspecified atom stereocenters. The van der Waals surface area contributed by atoms with Crippen LogP contribution < -0.4 is 15.3 Å². The van der Waals surface area contributed by atoms with Gasteiger partial charge in [-0.2, -0.15) is 4.98 Å². The van der Waals surface area contributed by atoms with Gasteiger partial charge >= 0.3 is 5.69 Å². The fourth-order valence-corrected chi connectivity index (χ4v) is 5.93. The number of nitrogens with zero attached hydrogens (tertiary/aromatic N) is 6. The van der Waals surface area contributed by atoms with E-state index < -0.39 is 34.3 Å². The van der Waals surface area contributed by atoms with E-state index in [9.17, 15) is 14.7 Å². The van der Waals surface area contributed by atoms with E-state index in [2.05, 4.69) is 21.5 Å². The first-order valence-electron chi connectivity index (χ1n) is 14.0. The third-order valence-electron chi connectivity index (χ3n) is 8.00. The van der Waals surface area contributed by atoms with Crippen LogP contribution in [0.3, 0.4) is 0 Å². The number of carbonyl (C=O) groups excluding carboxylic acids is 1. The summed E-state index contributed by atoms with van der Waals surface area (Å²) >= 11 is 0. The van der Waals surface area contributed by atoms with E-state index in [-0.39, 0.29) is 47.1 Å². The third kappa shape index (κ3) is 4.57. The maximum absolute atomic E-state index is 16.5. The molecule has 1 aromatic carbocycles. The Morgan fingerprint density at radius 3 is 2.72 bits per heavy atom. The van der Waals surface area contributed by atoms with Crippen LogP contribution in [0.5, 0.6) is 11.5 Å². The average Bonchev–Trinajstić information content (AvgIpc) is 2.97. The third-order valence-corrected chi connectivity index (χ3v) is 8.00. The van der Waals surface area contributed by atoms with Crippen LogP contribution in [0.2, 0.25) is 0 Å². The van der Waals surface area contributed by atoms with Crippen molar-refractivity contribution in [2.75, 3.05) is 31.1 Å². The molecule has 1 atom stereocenters. The van der Waals surface area contributed by atoms with Gasteiger partial charge in [-0.25, -0.2) is 23.1 Å². The fraction of sp³-hybridized carbons (Fsp3) is 0.323.